The minimum atomic E-state index is 0.866. The number of hydrogen-bond acceptors (Lipinski definition) is 4. The van der Waals surface area contributed by atoms with Gasteiger partial charge in [0.2, 0.25) is 0 Å². The van der Waals surface area contributed by atoms with E-state index in [1.54, 1.807) is 0 Å². The Labute approximate surface area is 123 Å². The van der Waals surface area contributed by atoms with Gasteiger partial charge in [-0.3, -0.25) is 4.90 Å². The van der Waals surface area contributed by atoms with Gasteiger partial charge in [-0.15, -0.1) is 0 Å². The van der Waals surface area contributed by atoms with E-state index in [0.717, 1.165) is 37.5 Å². The molecular formula is C16H17N5. The molecule has 1 N–H and O–H groups in total. The van der Waals surface area contributed by atoms with E-state index in [2.05, 4.69) is 37.1 Å². The van der Waals surface area contributed by atoms with Crippen LogP contribution in [0.3, 0.4) is 0 Å². The fraction of sp³-hybridized carbons (Fsp3) is 0.312. The molecule has 5 heteroatoms. The van der Waals surface area contributed by atoms with Gasteiger partial charge >= 0.3 is 0 Å². The highest BCUT2D eigenvalue weighted by atomic mass is 15.1. The summed E-state index contributed by atoms with van der Waals surface area (Å²) in [6.45, 7) is 4.84. The summed E-state index contributed by atoms with van der Waals surface area (Å²) in [6, 6.07) is 4.11. The molecule has 4 heterocycles. The number of rotatable bonds is 2. The highest BCUT2D eigenvalue weighted by Crippen LogP contribution is 2.22. The van der Waals surface area contributed by atoms with Crippen molar-refractivity contribution in [3.05, 3.63) is 53.4 Å². The van der Waals surface area contributed by atoms with Crippen molar-refractivity contribution in [3.8, 4) is 0 Å². The van der Waals surface area contributed by atoms with Crippen molar-refractivity contribution in [3.63, 3.8) is 0 Å². The lowest BCUT2D eigenvalue weighted by Gasteiger charge is -2.27. The summed E-state index contributed by atoms with van der Waals surface area (Å²) in [6.07, 6.45) is 6.86. The highest BCUT2D eigenvalue weighted by Gasteiger charge is 2.19. The molecule has 0 radical (unpaired) electrons. The number of aryl methyl sites for hydroxylation is 1. The second-order valence-corrected chi connectivity index (χ2v) is 5.56. The fourth-order valence-corrected chi connectivity index (χ4v) is 2.99. The summed E-state index contributed by atoms with van der Waals surface area (Å²) in [4.78, 5) is 18.9. The van der Waals surface area contributed by atoms with Crippen LogP contribution in [-0.4, -0.2) is 31.4 Å². The van der Waals surface area contributed by atoms with E-state index in [4.69, 9.17) is 0 Å². The van der Waals surface area contributed by atoms with Crippen molar-refractivity contribution in [1.29, 1.82) is 0 Å². The average Bonchev–Trinajstić information content (AvgIpc) is 2.91. The third-order valence-corrected chi connectivity index (χ3v) is 4.06. The molecular weight excluding hydrogens is 262 g/mol. The molecule has 5 nitrogen and oxygen atoms in total. The molecule has 3 aromatic rings. The van der Waals surface area contributed by atoms with Crippen LogP contribution in [0.4, 0.5) is 0 Å². The molecule has 1 aliphatic heterocycles. The standard InChI is InChI=1S/C16H17N5/c1-11-18-8-13-10-21(6-4-15(13)20-11)9-12-7-19-16-14(12)3-2-5-17-16/h2-3,5,7-8H,4,6,9-10H2,1H3,(H,17,19). The zero-order valence-corrected chi connectivity index (χ0v) is 12.0. The molecule has 0 saturated heterocycles. The predicted octanol–water partition coefficient (Wildman–Crippen LogP) is 2.22. The topological polar surface area (TPSA) is 57.7 Å². The summed E-state index contributed by atoms with van der Waals surface area (Å²) < 4.78 is 0. The number of pyridine rings is 1. The van der Waals surface area contributed by atoms with E-state index < -0.39 is 0 Å². The fourth-order valence-electron chi connectivity index (χ4n) is 2.99. The Morgan fingerprint density at radius 3 is 3.24 bits per heavy atom. The summed E-state index contributed by atoms with van der Waals surface area (Å²) in [5.41, 5.74) is 4.72. The molecule has 0 bridgehead atoms. The van der Waals surface area contributed by atoms with E-state index in [1.807, 2.05) is 25.4 Å². The van der Waals surface area contributed by atoms with Gasteiger partial charge in [0.1, 0.15) is 11.5 Å². The van der Waals surface area contributed by atoms with Gasteiger partial charge in [-0.2, -0.15) is 0 Å². The van der Waals surface area contributed by atoms with Gasteiger partial charge in [0, 0.05) is 61.3 Å². The maximum absolute atomic E-state index is 4.54. The minimum absolute atomic E-state index is 0.866. The van der Waals surface area contributed by atoms with Gasteiger partial charge in [-0.1, -0.05) is 0 Å². The molecule has 0 amide bonds. The van der Waals surface area contributed by atoms with Crippen molar-refractivity contribution < 1.29 is 0 Å². The first kappa shape index (κ1) is 12.5. The molecule has 4 rings (SSSR count). The van der Waals surface area contributed by atoms with Gasteiger partial charge in [0.25, 0.3) is 0 Å². The van der Waals surface area contributed by atoms with Crippen LogP contribution < -0.4 is 0 Å². The SMILES string of the molecule is Cc1ncc2c(n1)CCN(Cc1c[nH]c3ncccc13)C2. The summed E-state index contributed by atoms with van der Waals surface area (Å²) >= 11 is 0. The number of fused-ring (bicyclic) bond motifs is 2. The Morgan fingerprint density at radius 2 is 2.29 bits per heavy atom. The molecule has 21 heavy (non-hydrogen) atoms. The lowest BCUT2D eigenvalue weighted by molar-refractivity contribution is 0.243. The van der Waals surface area contributed by atoms with Gasteiger partial charge in [0.15, 0.2) is 0 Å². The maximum Gasteiger partial charge on any atom is 0.137 e. The van der Waals surface area contributed by atoms with Gasteiger partial charge in [-0.25, -0.2) is 15.0 Å². The van der Waals surface area contributed by atoms with Crippen LogP contribution in [0.5, 0.6) is 0 Å². The molecule has 0 saturated carbocycles. The molecule has 1 aliphatic rings. The molecule has 0 unspecified atom stereocenters. The van der Waals surface area contributed by atoms with Crippen molar-refractivity contribution in [1.82, 2.24) is 24.8 Å². The van der Waals surface area contributed by atoms with Crippen molar-refractivity contribution in [2.75, 3.05) is 6.54 Å². The molecule has 106 valence electrons. The molecule has 0 spiro atoms. The number of nitrogens with zero attached hydrogens (tertiary/aromatic N) is 4. The zero-order chi connectivity index (χ0) is 14.2. The summed E-state index contributed by atoms with van der Waals surface area (Å²) in [5, 5.41) is 1.21. The summed E-state index contributed by atoms with van der Waals surface area (Å²) in [7, 11) is 0. The Hall–Kier alpha value is -2.27. The normalized spacial score (nSPS) is 15.3. The van der Waals surface area contributed by atoms with E-state index in [9.17, 15) is 0 Å². The quantitative estimate of drug-likeness (QED) is 0.781. The highest BCUT2D eigenvalue weighted by molar-refractivity contribution is 5.79. The number of nitrogens with one attached hydrogen (secondary N) is 1. The smallest absolute Gasteiger partial charge is 0.137 e. The van der Waals surface area contributed by atoms with Crippen LogP contribution in [0.1, 0.15) is 22.6 Å². The maximum atomic E-state index is 4.54. The van der Waals surface area contributed by atoms with E-state index in [-0.39, 0.29) is 0 Å². The Balaban J connectivity index is 1.57. The third kappa shape index (κ3) is 2.29. The zero-order valence-electron chi connectivity index (χ0n) is 12.0. The summed E-state index contributed by atoms with van der Waals surface area (Å²) in [5.74, 6) is 0.866. The second kappa shape index (κ2) is 4.93. The molecule has 0 aromatic carbocycles. The van der Waals surface area contributed by atoms with Crippen LogP contribution in [0.25, 0.3) is 11.0 Å². The van der Waals surface area contributed by atoms with Gasteiger partial charge in [0.05, 0.1) is 0 Å². The molecule has 0 atom stereocenters. The monoisotopic (exact) mass is 279 g/mol. The first-order valence-corrected chi connectivity index (χ1v) is 7.24. The lowest BCUT2D eigenvalue weighted by atomic mass is 10.1. The average molecular weight is 279 g/mol. The number of H-pyrrole nitrogens is 1. The van der Waals surface area contributed by atoms with E-state index in [0.29, 0.717) is 0 Å². The van der Waals surface area contributed by atoms with Crippen LogP contribution in [0.15, 0.2) is 30.7 Å². The number of aromatic amines is 1. The van der Waals surface area contributed by atoms with Crippen molar-refractivity contribution >= 4 is 11.0 Å². The Kier molecular flexibility index (Phi) is 2.93. The molecule has 3 aromatic heterocycles. The number of aromatic nitrogens is 4. The van der Waals surface area contributed by atoms with Crippen molar-refractivity contribution in [2.24, 2.45) is 0 Å². The first-order valence-electron chi connectivity index (χ1n) is 7.24. The second-order valence-electron chi connectivity index (χ2n) is 5.56. The van der Waals surface area contributed by atoms with Crippen LogP contribution in [0, 0.1) is 6.92 Å². The Morgan fingerprint density at radius 1 is 1.33 bits per heavy atom. The van der Waals surface area contributed by atoms with Crippen LogP contribution >= 0.6 is 0 Å². The molecule has 0 fully saturated rings. The number of hydrogen-bond donors (Lipinski definition) is 1. The van der Waals surface area contributed by atoms with E-state index in [1.165, 1.54) is 22.2 Å². The molecule has 0 aliphatic carbocycles. The Bertz CT molecular complexity index is 792. The first-order chi connectivity index (χ1) is 10.3. The minimum Gasteiger partial charge on any atom is -0.346 e. The predicted molar refractivity (Wildman–Crippen MR) is 80.7 cm³/mol. The van der Waals surface area contributed by atoms with E-state index >= 15 is 0 Å². The third-order valence-electron chi connectivity index (χ3n) is 4.06. The van der Waals surface area contributed by atoms with Crippen LogP contribution in [0.2, 0.25) is 0 Å². The largest absolute Gasteiger partial charge is 0.346 e. The van der Waals surface area contributed by atoms with Gasteiger partial charge in [-0.05, 0) is 24.6 Å². The van der Waals surface area contributed by atoms with Crippen LogP contribution in [-0.2, 0) is 19.5 Å². The van der Waals surface area contributed by atoms with Gasteiger partial charge < -0.3 is 4.98 Å². The van der Waals surface area contributed by atoms with Crippen molar-refractivity contribution in [2.45, 2.75) is 26.4 Å². The lowest BCUT2D eigenvalue weighted by Crippen LogP contribution is -2.30.